The molecule has 1 rings (SSSR count). The molecule has 0 aliphatic heterocycles. The van der Waals surface area contributed by atoms with Gasteiger partial charge in [-0.15, -0.1) is 0 Å². The van der Waals surface area contributed by atoms with Gasteiger partial charge in [0.25, 0.3) is 0 Å². The summed E-state index contributed by atoms with van der Waals surface area (Å²) in [5, 5.41) is 3.71. The van der Waals surface area contributed by atoms with Gasteiger partial charge in [0.2, 0.25) is 0 Å². The average Bonchev–Trinajstić information content (AvgIpc) is 2.36. The summed E-state index contributed by atoms with van der Waals surface area (Å²) in [6, 6.07) is 0.604. The van der Waals surface area contributed by atoms with Gasteiger partial charge in [-0.05, 0) is 32.2 Å². The molecule has 18 heavy (non-hydrogen) atoms. The van der Waals surface area contributed by atoms with E-state index < -0.39 is 0 Å². The minimum absolute atomic E-state index is 0.466. The lowest BCUT2D eigenvalue weighted by atomic mass is 9.94. The van der Waals surface area contributed by atoms with Crippen molar-refractivity contribution in [1.82, 2.24) is 5.32 Å². The minimum atomic E-state index is 0.466. The third-order valence-corrected chi connectivity index (χ3v) is 3.94. The fourth-order valence-corrected chi connectivity index (χ4v) is 2.80. The SMILES string of the molecule is CCCCCOC1CCCCCCC1NCCC. The Hall–Kier alpha value is -0.0800. The van der Waals surface area contributed by atoms with Crippen LogP contribution < -0.4 is 5.32 Å². The topological polar surface area (TPSA) is 21.3 Å². The molecular weight excluding hydrogens is 222 g/mol. The van der Waals surface area contributed by atoms with Crippen molar-refractivity contribution in [2.24, 2.45) is 0 Å². The van der Waals surface area contributed by atoms with Gasteiger partial charge in [0, 0.05) is 12.6 Å². The molecule has 1 aliphatic rings. The second kappa shape index (κ2) is 10.8. The van der Waals surface area contributed by atoms with Crippen LogP contribution in [0.5, 0.6) is 0 Å². The Balaban J connectivity index is 2.33. The van der Waals surface area contributed by atoms with Crippen LogP contribution in [0, 0.1) is 0 Å². The van der Waals surface area contributed by atoms with Crippen molar-refractivity contribution in [1.29, 1.82) is 0 Å². The normalized spacial score (nSPS) is 25.7. The molecule has 0 aromatic rings. The first-order valence-corrected chi connectivity index (χ1v) is 8.23. The third kappa shape index (κ3) is 6.75. The summed E-state index contributed by atoms with van der Waals surface area (Å²) in [6.45, 7) is 6.59. The van der Waals surface area contributed by atoms with Gasteiger partial charge in [0.1, 0.15) is 0 Å². The van der Waals surface area contributed by atoms with Crippen molar-refractivity contribution >= 4 is 0 Å². The molecule has 2 atom stereocenters. The van der Waals surface area contributed by atoms with Gasteiger partial charge in [-0.2, -0.15) is 0 Å². The molecule has 108 valence electrons. The van der Waals surface area contributed by atoms with E-state index in [-0.39, 0.29) is 0 Å². The largest absolute Gasteiger partial charge is 0.377 e. The zero-order valence-electron chi connectivity index (χ0n) is 12.5. The molecule has 0 aromatic heterocycles. The summed E-state index contributed by atoms with van der Waals surface area (Å²) in [5.74, 6) is 0. The molecule has 2 unspecified atom stereocenters. The van der Waals surface area contributed by atoms with E-state index in [2.05, 4.69) is 19.2 Å². The molecule has 0 amide bonds. The van der Waals surface area contributed by atoms with Crippen LogP contribution in [0.3, 0.4) is 0 Å². The van der Waals surface area contributed by atoms with Crippen LogP contribution >= 0.6 is 0 Å². The van der Waals surface area contributed by atoms with Gasteiger partial charge in [-0.1, -0.05) is 52.4 Å². The molecule has 0 aromatic carbocycles. The second-order valence-electron chi connectivity index (χ2n) is 5.67. The summed E-state index contributed by atoms with van der Waals surface area (Å²) in [6.07, 6.45) is 13.6. The van der Waals surface area contributed by atoms with Crippen LogP contribution in [0.2, 0.25) is 0 Å². The molecule has 1 aliphatic carbocycles. The lowest BCUT2D eigenvalue weighted by molar-refractivity contribution is 0.0116. The number of ether oxygens (including phenoxy) is 1. The van der Waals surface area contributed by atoms with Crippen molar-refractivity contribution in [3.05, 3.63) is 0 Å². The van der Waals surface area contributed by atoms with Gasteiger partial charge in [0.15, 0.2) is 0 Å². The van der Waals surface area contributed by atoms with Crippen LogP contribution in [-0.4, -0.2) is 25.3 Å². The maximum atomic E-state index is 6.17. The fourth-order valence-electron chi connectivity index (χ4n) is 2.80. The van der Waals surface area contributed by atoms with Gasteiger partial charge < -0.3 is 10.1 Å². The smallest absolute Gasteiger partial charge is 0.0728 e. The zero-order valence-corrected chi connectivity index (χ0v) is 12.5. The molecule has 1 saturated carbocycles. The Morgan fingerprint density at radius 2 is 1.72 bits per heavy atom. The summed E-state index contributed by atoms with van der Waals surface area (Å²) >= 11 is 0. The van der Waals surface area contributed by atoms with Crippen molar-refractivity contribution in [3.63, 3.8) is 0 Å². The highest BCUT2D eigenvalue weighted by molar-refractivity contribution is 4.79. The number of hydrogen-bond donors (Lipinski definition) is 1. The van der Waals surface area contributed by atoms with Crippen molar-refractivity contribution in [2.45, 2.75) is 90.2 Å². The maximum absolute atomic E-state index is 6.17. The lowest BCUT2D eigenvalue weighted by Gasteiger charge is -2.30. The summed E-state index contributed by atoms with van der Waals surface area (Å²) < 4.78 is 6.17. The summed E-state index contributed by atoms with van der Waals surface area (Å²) in [5.41, 5.74) is 0. The molecule has 0 radical (unpaired) electrons. The highest BCUT2D eigenvalue weighted by atomic mass is 16.5. The van der Waals surface area contributed by atoms with Crippen LogP contribution in [0.1, 0.15) is 78.1 Å². The van der Waals surface area contributed by atoms with E-state index in [1.165, 1.54) is 64.2 Å². The van der Waals surface area contributed by atoms with Crippen LogP contribution in [0.4, 0.5) is 0 Å². The number of rotatable bonds is 8. The van der Waals surface area contributed by atoms with Crippen LogP contribution in [-0.2, 0) is 4.74 Å². The van der Waals surface area contributed by atoms with E-state index in [0.29, 0.717) is 12.1 Å². The van der Waals surface area contributed by atoms with Crippen LogP contribution in [0.15, 0.2) is 0 Å². The molecule has 0 heterocycles. The van der Waals surface area contributed by atoms with Gasteiger partial charge >= 0.3 is 0 Å². The minimum Gasteiger partial charge on any atom is -0.377 e. The molecule has 1 fully saturated rings. The first kappa shape index (κ1) is 16.0. The quantitative estimate of drug-likeness (QED) is 0.653. The lowest BCUT2D eigenvalue weighted by Crippen LogP contribution is -2.42. The van der Waals surface area contributed by atoms with E-state index >= 15 is 0 Å². The average molecular weight is 255 g/mol. The molecule has 0 bridgehead atoms. The Morgan fingerprint density at radius 3 is 2.44 bits per heavy atom. The third-order valence-electron chi connectivity index (χ3n) is 3.94. The molecule has 0 saturated heterocycles. The molecule has 1 N–H and O–H groups in total. The second-order valence-corrected chi connectivity index (χ2v) is 5.67. The maximum Gasteiger partial charge on any atom is 0.0728 e. The Bertz CT molecular complexity index is 182. The zero-order chi connectivity index (χ0) is 13.1. The number of hydrogen-bond acceptors (Lipinski definition) is 2. The first-order chi connectivity index (χ1) is 8.88. The highest BCUT2D eigenvalue weighted by Crippen LogP contribution is 2.20. The predicted octanol–water partition coefficient (Wildman–Crippen LogP) is 4.28. The van der Waals surface area contributed by atoms with E-state index in [4.69, 9.17) is 4.74 Å². The van der Waals surface area contributed by atoms with E-state index in [0.717, 1.165) is 13.2 Å². The van der Waals surface area contributed by atoms with E-state index in [1.807, 2.05) is 0 Å². The number of unbranched alkanes of at least 4 members (excludes halogenated alkanes) is 2. The van der Waals surface area contributed by atoms with Gasteiger partial charge in [-0.25, -0.2) is 0 Å². The van der Waals surface area contributed by atoms with Gasteiger partial charge in [-0.3, -0.25) is 0 Å². The molecule has 0 spiro atoms. The summed E-state index contributed by atoms with van der Waals surface area (Å²) in [4.78, 5) is 0. The van der Waals surface area contributed by atoms with Crippen molar-refractivity contribution in [3.8, 4) is 0 Å². The predicted molar refractivity (Wildman–Crippen MR) is 79.0 cm³/mol. The van der Waals surface area contributed by atoms with E-state index in [1.54, 1.807) is 0 Å². The molecule has 2 heteroatoms. The highest BCUT2D eigenvalue weighted by Gasteiger charge is 2.22. The van der Waals surface area contributed by atoms with Crippen LogP contribution in [0.25, 0.3) is 0 Å². The van der Waals surface area contributed by atoms with Crippen molar-refractivity contribution in [2.75, 3.05) is 13.2 Å². The van der Waals surface area contributed by atoms with E-state index in [9.17, 15) is 0 Å². The first-order valence-electron chi connectivity index (χ1n) is 8.23. The summed E-state index contributed by atoms with van der Waals surface area (Å²) in [7, 11) is 0. The number of nitrogens with one attached hydrogen (secondary N) is 1. The monoisotopic (exact) mass is 255 g/mol. The van der Waals surface area contributed by atoms with Gasteiger partial charge in [0.05, 0.1) is 6.10 Å². The molecule has 2 nitrogen and oxygen atoms in total. The Kier molecular flexibility index (Phi) is 9.59. The molecular formula is C16H33NO. The Morgan fingerprint density at radius 1 is 0.944 bits per heavy atom. The Labute approximate surface area is 114 Å². The standard InChI is InChI=1S/C16H33NO/c1-3-5-10-14-18-16-12-9-7-6-8-11-15(16)17-13-4-2/h15-17H,3-14H2,1-2H3. The van der Waals surface area contributed by atoms with Crippen molar-refractivity contribution < 1.29 is 4.74 Å². The fraction of sp³-hybridized carbons (Fsp3) is 1.00.